The molecule has 0 aromatic heterocycles. The Kier molecular flexibility index (Phi) is 7.96. The molecule has 0 aromatic rings. The predicted octanol–water partition coefficient (Wildman–Crippen LogP) is 4.73. The summed E-state index contributed by atoms with van der Waals surface area (Å²) in [6.45, 7) is 10.6. The van der Waals surface area contributed by atoms with Crippen LogP contribution in [0.4, 0.5) is 13.2 Å². The smallest absolute Gasteiger partial charge is 0.398 e. The zero-order valence-corrected chi connectivity index (χ0v) is 15.4. The molecule has 5 N–H and O–H groups in total. The van der Waals surface area contributed by atoms with Crippen LogP contribution < -0.4 is 16.8 Å². The van der Waals surface area contributed by atoms with Gasteiger partial charge in [-0.1, -0.05) is 24.8 Å². The Morgan fingerprint density at radius 1 is 1.27 bits per heavy atom. The van der Waals surface area contributed by atoms with E-state index in [-0.39, 0.29) is 5.70 Å². The molecule has 0 bridgehead atoms. The van der Waals surface area contributed by atoms with Crippen LogP contribution in [-0.2, 0) is 0 Å². The van der Waals surface area contributed by atoms with Gasteiger partial charge in [-0.2, -0.15) is 13.2 Å². The molecule has 0 amide bonds. The fourth-order valence-corrected chi connectivity index (χ4v) is 2.61. The molecule has 0 saturated carbocycles. The van der Waals surface area contributed by atoms with Gasteiger partial charge in [0.1, 0.15) is 0 Å². The third-order valence-electron chi connectivity index (χ3n) is 4.03. The average Bonchev–Trinajstić information content (AvgIpc) is 2.53. The van der Waals surface area contributed by atoms with Crippen molar-refractivity contribution >= 4 is 0 Å². The van der Waals surface area contributed by atoms with E-state index in [4.69, 9.17) is 11.5 Å². The molecule has 3 nitrogen and oxygen atoms in total. The SMILES string of the molecule is C=C(/C=C(\N)C1=CCCCC1)N/C=C(\C=C(/C(=C)C)C(C)N)C(F)(F)F. The van der Waals surface area contributed by atoms with Gasteiger partial charge < -0.3 is 16.8 Å². The fraction of sp³-hybridized carbons (Fsp3) is 0.400. The van der Waals surface area contributed by atoms with Gasteiger partial charge in [0.05, 0.1) is 5.57 Å². The number of rotatable bonds is 7. The normalized spacial score (nSPS) is 18.2. The molecule has 0 aromatic carbocycles. The first-order valence-electron chi connectivity index (χ1n) is 8.54. The van der Waals surface area contributed by atoms with E-state index in [0.29, 0.717) is 16.8 Å². The zero-order chi connectivity index (χ0) is 19.9. The Hall–Kier alpha value is -2.21. The number of nitrogens with two attached hydrogens (primary N) is 2. The van der Waals surface area contributed by atoms with Gasteiger partial charge >= 0.3 is 6.18 Å². The molecule has 0 fully saturated rings. The van der Waals surface area contributed by atoms with E-state index in [0.717, 1.165) is 43.5 Å². The Morgan fingerprint density at radius 3 is 2.38 bits per heavy atom. The van der Waals surface area contributed by atoms with Crippen LogP contribution in [0.2, 0.25) is 0 Å². The van der Waals surface area contributed by atoms with Crippen molar-refractivity contribution in [2.75, 3.05) is 0 Å². The summed E-state index contributed by atoms with van der Waals surface area (Å²) in [6.07, 6.45) is 4.97. The Morgan fingerprint density at radius 2 is 1.92 bits per heavy atom. The molecule has 1 unspecified atom stereocenters. The van der Waals surface area contributed by atoms with Crippen molar-refractivity contribution in [1.29, 1.82) is 0 Å². The molecule has 0 aliphatic heterocycles. The van der Waals surface area contributed by atoms with Crippen molar-refractivity contribution in [3.63, 3.8) is 0 Å². The van der Waals surface area contributed by atoms with Crippen LogP contribution in [0.5, 0.6) is 0 Å². The number of allylic oxidation sites excluding steroid dienone is 5. The van der Waals surface area contributed by atoms with E-state index < -0.39 is 17.8 Å². The van der Waals surface area contributed by atoms with E-state index in [1.807, 2.05) is 0 Å². The van der Waals surface area contributed by atoms with Crippen LogP contribution in [0.3, 0.4) is 0 Å². The predicted molar refractivity (Wildman–Crippen MR) is 102 cm³/mol. The molecule has 26 heavy (non-hydrogen) atoms. The molecular formula is C20H28F3N3. The number of nitrogens with one attached hydrogen (secondary N) is 1. The van der Waals surface area contributed by atoms with Crippen molar-refractivity contribution in [1.82, 2.24) is 5.32 Å². The molecule has 0 heterocycles. The molecule has 6 heteroatoms. The zero-order valence-electron chi connectivity index (χ0n) is 15.4. The Balaban J connectivity index is 3.01. The summed E-state index contributed by atoms with van der Waals surface area (Å²) in [4.78, 5) is 0. The molecular weight excluding hydrogens is 339 g/mol. The number of alkyl halides is 3. The van der Waals surface area contributed by atoms with Gasteiger partial charge in [-0.3, -0.25) is 0 Å². The second kappa shape index (κ2) is 9.48. The number of hydrogen-bond acceptors (Lipinski definition) is 3. The summed E-state index contributed by atoms with van der Waals surface area (Å²) in [5.74, 6) is 0. The van der Waals surface area contributed by atoms with Crippen molar-refractivity contribution in [2.45, 2.75) is 51.7 Å². The lowest BCUT2D eigenvalue weighted by Gasteiger charge is -2.16. The van der Waals surface area contributed by atoms with Gasteiger partial charge in [0.15, 0.2) is 0 Å². The van der Waals surface area contributed by atoms with E-state index in [9.17, 15) is 13.2 Å². The highest BCUT2D eigenvalue weighted by Gasteiger charge is 2.32. The van der Waals surface area contributed by atoms with Crippen LogP contribution in [-0.4, -0.2) is 12.2 Å². The lowest BCUT2D eigenvalue weighted by Crippen LogP contribution is -2.21. The molecule has 144 valence electrons. The van der Waals surface area contributed by atoms with Crippen molar-refractivity contribution in [2.24, 2.45) is 11.5 Å². The largest absolute Gasteiger partial charge is 0.417 e. The van der Waals surface area contributed by atoms with E-state index in [2.05, 4.69) is 24.6 Å². The third kappa shape index (κ3) is 6.96. The fourth-order valence-electron chi connectivity index (χ4n) is 2.61. The number of hydrogen-bond donors (Lipinski definition) is 3. The maximum atomic E-state index is 13.3. The minimum atomic E-state index is -4.54. The van der Waals surface area contributed by atoms with Gasteiger partial charge in [0, 0.05) is 23.6 Å². The Labute approximate surface area is 153 Å². The molecule has 1 aliphatic carbocycles. The highest BCUT2D eigenvalue weighted by atomic mass is 19.4. The van der Waals surface area contributed by atoms with Gasteiger partial charge in [0.2, 0.25) is 0 Å². The summed E-state index contributed by atoms with van der Waals surface area (Å²) in [5, 5.41) is 2.57. The van der Waals surface area contributed by atoms with Gasteiger partial charge in [-0.25, -0.2) is 0 Å². The number of halogens is 3. The van der Waals surface area contributed by atoms with Crippen LogP contribution in [0.1, 0.15) is 39.5 Å². The van der Waals surface area contributed by atoms with Crippen LogP contribution in [0.15, 0.2) is 71.3 Å². The first-order chi connectivity index (χ1) is 12.0. The minimum absolute atomic E-state index is 0.279. The van der Waals surface area contributed by atoms with Crippen molar-refractivity contribution < 1.29 is 13.2 Å². The molecule has 0 saturated heterocycles. The van der Waals surface area contributed by atoms with Crippen molar-refractivity contribution in [3.05, 3.63) is 71.3 Å². The highest BCUT2D eigenvalue weighted by Crippen LogP contribution is 2.29. The van der Waals surface area contributed by atoms with E-state index >= 15 is 0 Å². The molecule has 0 radical (unpaired) electrons. The lowest BCUT2D eigenvalue weighted by atomic mass is 9.97. The lowest BCUT2D eigenvalue weighted by molar-refractivity contribution is -0.0885. The quantitative estimate of drug-likeness (QED) is 0.570. The summed E-state index contributed by atoms with van der Waals surface area (Å²) in [5.41, 5.74) is 13.5. The molecule has 1 atom stereocenters. The van der Waals surface area contributed by atoms with Crippen LogP contribution in [0.25, 0.3) is 0 Å². The van der Waals surface area contributed by atoms with E-state index in [1.54, 1.807) is 19.9 Å². The second-order valence-electron chi connectivity index (χ2n) is 6.51. The van der Waals surface area contributed by atoms with Crippen LogP contribution in [0, 0.1) is 0 Å². The van der Waals surface area contributed by atoms with E-state index in [1.165, 1.54) is 0 Å². The van der Waals surface area contributed by atoms with Gasteiger partial charge in [-0.15, -0.1) is 0 Å². The maximum absolute atomic E-state index is 13.3. The standard InChI is InChI=1S/C20H28F3N3/c1-13(2)18(15(4)24)11-17(20(21,22)23)12-26-14(3)10-19(25)16-8-6-5-7-9-16/h8,10-12,15,26H,1,3,5-7,9,24-25H2,2,4H3/b17-12+,18-11+,19-10-. The Bertz CT molecular complexity index is 662. The minimum Gasteiger partial charge on any atom is -0.398 e. The summed E-state index contributed by atoms with van der Waals surface area (Å²) in [7, 11) is 0. The summed E-state index contributed by atoms with van der Waals surface area (Å²) >= 11 is 0. The monoisotopic (exact) mass is 367 g/mol. The third-order valence-corrected chi connectivity index (χ3v) is 4.03. The molecule has 0 spiro atoms. The summed E-state index contributed by atoms with van der Waals surface area (Å²) < 4.78 is 39.9. The maximum Gasteiger partial charge on any atom is 0.417 e. The molecule has 1 rings (SSSR count). The first-order valence-corrected chi connectivity index (χ1v) is 8.54. The second-order valence-corrected chi connectivity index (χ2v) is 6.51. The first kappa shape index (κ1) is 21.8. The summed E-state index contributed by atoms with van der Waals surface area (Å²) in [6, 6.07) is -0.560. The topological polar surface area (TPSA) is 64.1 Å². The average molecular weight is 367 g/mol. The van der Waals surface area contributed by atoms with Crippen LogP contribution >= 0.6 is 0 Å². The highest BCUT2D eigenvalue weighted by molar-refractivity contribution is 5.40. The van der Waals surface area contributed by atoms with Crippen molar-refractivity contribution in [3.8, 4) is 0 Å². The molecule has 1 aliphatic rings. The van der Waals surface area contributed by atoms with Gasteiger partial charge in [0.25, 0.3) is 0 Å². The van der Waals surface area contributed by atoms with Gasteiger partial charge in [-0.05, 0) is 62.8 Å².